The Hall–Kier alpha value is -3.08. The van der Waals surface area contributed by atoms with Crippen LogP contribution in [0.4, 0.5) is 0 Å². The van der Waals surface area contributed by atoms with Crippen molar-refractivity contribution in [1.82, 2.24) is 19.3 Å². The Morgan fingerprint density at radius 2 is 1.97 bits per heavy atom. The van der Waals surface area contributed by atoms with E-state index in [0.717, 1.165) is 16.7 Å². The minimum atomic E-state index is -3.80. The maximum Gasteiger partial charge on any atom is 0.274 e. The standard InChI is InChI=1S/C22H23N5O4S/c1-14-3-2-4-15(11-14)19-20(16-5-6-18-24-13-25-27(18)12-16)31-22(21(19)28)9-7-17(8-10-22)26-32(23,29)30/h2-6,11-13,17,26H,7-10H2,1H3,(H2,23,29,30). The number of ether oxygens (including phenoxy) is 1. The summed E-state index contributed by atoms with van der Waals surface area (Å²) >= 11 is 0. The SMILES string of the molecule is Cc1cccc(C2=C(c3ccc4ncnn4c3)OC3(CCC(NS(N)(=O)=O)CC3)C2=O)c1. The molecule has 1 aliphatic heterocycles. The number of hydrogen-bond donors (Lipinski definition) is 2. The van der Waals surface area contributed by atoms with E-state index < -0.39 is 15.8 Å². The maximum atomic E-state index is 13.8. The average Bonchev–Trinajstić information content (AvgIpc) is 3.31. The average molecular weight is 454 g/mol. The molecular weight excluding hydrogens is 430 g/mol. The Morgan fingerprint density at radius 1 is 1.19 bits per heavy atom. The molecule has 2 aromatic heterocycles. The number of pyridine rings is 1. The summed E-state index contributed by atoms with van der Waals surface area (Å²) < 4.78 is 33.4. The van der Waals surface area contributed by atoms with Crippen molar-refractivity contribution in [2.45, 2.75) is 44.2 Å². The van der Waals surface area contributed by atoms with Crippen LogP contribution in [0, 0.1) is 6.92 Å². The summed E-state index contributed by atoms with van der Waals surface area (Å²) in [6.45, 7) is 1.98. The first-order valence-electron chi connectivity index (χ1n) is 10.4. The Kier molecular flexibility index (Phi) is 4.88. The van der Waals surface area contributed by atoms with Gasteiger partial charge >= 0.3 is 0 Å². The number of hydrogen-bond acceptors (Lipinski definition) is 6. The second-order valence-electron chi connectivity index (χ2n) is 8.42. The first-order valence-corrected chi connectivity index (χ1v) is 11.9. The molecule has 0 radical (unpaired) electrons. The number of rotatable bonds is 4. The summed E-state index contributed by atoms with van der Waals surface area (Å²) in [6.07, 6.45) is 4.97. The number of nitrogens with zero attached hydrogens (tertiary/aromatic N) is 3. The molecule has 10 heteroatoms. The van der Waals surface area contributed by atoms with Gasteiger partial charge in [-0.25, -0.2) is 14.6 Å². The molecular formula is C22H23N5O4S. The van der Waals surface area contributed by atoms with Crippen molar-refractivity contribution >= 4 is 33.0 Å². The zero-order valence-corrected chi connectivity index (χ0v) is 18.3. The second kappa shape index (κ2) is 7.51. The van der Waals surface area contributed by atoms with Gasteiger partial charge in [0.15, 0.2) is 11.2 Å². The van der Waals surface area contributed by atoms with E-state index in [2.05, 4.69) is 14.8 Å². The molecule has 0 saturated heterocycles. The fourth-order valence-electron chi connectivity index (χ4n) is 4.60. The van der Waals surface area contributed by atoms with Crippen LogP contribution in [0.3, 0.4) is 0 Å². The van der Waals surface area contributed by atoms with Crippen LogP contribution in [0.5, 0.6) is 0 Å². The van der Waals surface area contributed by atoms with Crippen LogP contribution in [-0.2, 0) is 19.7 Å². The molecule has 3 N–H and O–H groups in total. The molecule has 5 rings (SSSR count). The highest BCUT2D eigenvalue weighted by atomic mass is 32.2. The van der Waals surface area contributed by atoms with Crippen molar-refractivity contribution in [3.63, 3.8) is 0 Å². The lowest BCUT2D eigenvalue weighted by molar-refractivity contribution is -0.131. The van der Waals surface area contributed by atoms with E-state index in [1.54, 1.807) is 10.7 Å². The highest BCUT2D eigenvalue weighted by molar-refractivity contribution is 7.87. The van der Waals surface area contributed by atoms with Crippen molar-refractivity contribution < 1.29 is 17.9 Å². The lowest BCUT2D eigenvalue weighted by Crippen LogP contribution is -2.48. The van der Waals surface area contributed by atoms with Gasteiger partial charge in [0.25, 0.3) is 10.2 Å². The third kappa shape index (κ3) is 3.70. The predicted molar refractivity (Wildman–Crippen MR) is 118 cm³/mol. The number of nitrogens with two attached hydrogens (primary N) is 1. The van der Waals surface area contributed by atoms with Gasteiger partial charge in [-0.1, -0.05) is 29.8 Å². The van der Waals surface area contributed by atoms with Crippen LogP contribution in [0.2, 0.25) is 0 Å². The normalized spacial score (nSPS) is 23.8. The number of carbonyl (C=O) groups excluding carboxylic acids is 1. The van der Waals surface area contributed by atoms with E-state index in [1.165, 1.54) is 6.33 Å². The van der Waals surface area contributed by atoms with Gasteiger partial charge in [0.05, 0.1) is 5.57 Å². The Bertz CT molecular complexity index is 1350. The molecule has 0 bridgehead atoms. The third-order valence-electron chi connectivity index (χ3n) is 6.13. The molecule has 2 aliphatic rings. The summed E-state index contributed by atoms with van der Waals surface area (Å²) in [5.41, 5.74) is 2.77. The van der Waals surface area contributed by atoms with Gasteiger partial charge in [-0.2, -0.15) is 18.2 Å². The van der Waals surface area contributed by atoms with Crippen molar-refractivity contribution in [3.8, 4) is 0 Å². The van der Waals surface area contributed by atoms with Gasteiger partial charge in [-0.05, 0) is 50.3 Å². The Balaban J connectivity index is 1.55. The molecule has 3 aromatic rings. The maximum absolute atomic E-state index is 13.8. The number of fused-ring (bicyclic) bond motifs is 1. The molecule has 9 nitrogen and oxygen atoms in total. The fourth-order valence-corrected chi connectivity index (χ4v) is 5.30. The quantitative estimate of drug-likeness (QED) is 0.622. The highest BCUT2D eigenvalue weighted by Gasteiger charge is 2.51. The molecule has 1 saturated carbocycles. The molecule has 166 valence electrons. The van der Waals surface area contributed by atoms with E-state index in [0.29, 0.717) is 42.7 Å². The largest absolute Gasteiger partial charge is 0.478 e. The van der Waals surface area contributed by atoms with Gasteiger partial charge in [-0.3, -0.25) is 4.79 Å². The number of Topliss-reactive ketones (excluding diaryl/α,β-unsaturated/α-hetero) is 1. The van der Waals surface area contributed by atoms with Gasteiger partial charge < -0.3 is 4.74 Å². The molecule has 1 fully saturated rings. The number of aryl methyl sites for hydroxylation is 1. The minimum Gasteiger partial charge on any atom is -0.478 e. The van der Waals surface area contributed by atoms with E-state index in [1.807, 2.05) is 43.3 Å². The van der Waals surface area contributed by atoms with Crippen LogP contribution in [0.1, 0.15) is 42.4 Å². The molecule has 0 unspecified atom stereocenters. The number of nitrogens with one attached hydrogen (secondary N) is 1. The number of carbonyl (C=O) groups is 1. The first-order chi connectivity index (χ1) is 15.2. The van der Waals surface area contributed by atoms with Crippen molar-refractivity contribution in [1.29, 1.82) is 0 Å². The van der Waals surface area contributed by atoms with Crippen molar-refractivity contribution in [2.75, 3.05) is 0 Å². The predicted octanol–water partition coefficient (Wildman–Crippen LogP) is 1.98. The zero-order chi connectivity index (χ0) is 22.5. The monoisotopic (exact) mass is 453 g/mol. The lowest BCUT2D eigenvalue weighted by Gasteiger charge is -2.35. The Morgan fingerprint density at radius 3 is 2.69 bits per heavy atom. The van der Waals surface area contributed by atoms with Crippen LogP contribution in [0.15, 0.2) is 48.9 Å². The third-order valence-corrected chi connectivity index (χ3v) is 6.79. The van der Waals surface area contributed by atoms with E-state index in [4.69, 9.17) is 9.88 Å². The topological polar surface area (TPSA) is 129 Å². The lowest BCUT2D eigenvalue weighted by atomic mass is 9.77. The Labute approximate surface area is 185 Å². The second-order valence-corrected chi connectivity index (χ2v) is 9.74. The van der Waals surface area contributed by atoms with Crippen molar-refractivity contribution in [3.05, 3.63) is 65.6 Å². The molecule has 0 amide bonds. The summed E-state index contributed by atoms with van der Waals surface area (Å²) in [5.74, 6) is 0.432. The first kappa shape index (κ1) is 20.8. The van der Waals surface area contributed by atoms with Crippen LogP contribution in [-0.4, -0.2) is 40.4 Å². The number of benzene rings is 1. The molecule has 3 heterocycles. The fraction of sp³-hybridized carbons (Fsp3) is 0.318. The van der Waals surface area contributed by atoms with Gasteiger partial charge in [-0.15, -0.1) is 0 Å². The van der Waals surface area contributed by atoms with E-state index in [-0.39, 0.29) is 11.8 Å². The molecule has 32 heavy (non-hydrogen) atoms. The van der Waals surface area contributed by atoms with E-state index in [9.17, 15) is 13.2 Å². The smallest absolute Gasteiger partial charge is 0.274 e. The summed E-state index contributed by atoms with van der Waals surface area (Å²) in [5, 5.41) is 9.32. The highest BCUT2D eigenvalue weighted by Crippen LogP contribution is 2.48. The van der Waals surface area contributed by atoms with Crippen LogP contribution < -0.4 is 9.86 Å². The van der Waals surface area contributed by atoms with Crippen LogP contribution >= 0.6 is 0 Å². The van der Waals surface area contributed by atoms with Crippen molar-refractivity contribution in [2.24, 2.45) is 5.14 Å². The van der Waals surface area contributed by atoms with Gasteiger partial charge in [0, 0.05) is 17.8 Å². The molecule has 1 aliphatic carbocycles. The number of ketones is 1. The summed E-state index contributed by atoms with van der Waals surface area (Å²) in [4.78, 5) is 18.0. The van der Waals surface area contributed by atoms with E-state index >= 15 is 0 Å². The zero-order valence-electron chi connectivity index (χ0n) is 17.5. The molecule has 1 aromatic carbocycles. The molecule has 0 atom stereocenters. The molecule has 1 spiro atoms. The van der Waals surface area contributed by atoms with Gasteiger partial charge in [0.2, 0.25) is 5.78 Å². The minimum absolute atomic E-state index is 0.0779. The summed E-state index contributed by atoms with van der Waals surface area (Å²) in [7, 11) is -3.80. The van der Waals surface area contributed by atoms with Gasteiger partial charge in [0.1, 0.15) is 12.1 Å². The number of aromatic nitrogens is 3. The van der Waals surface area contributed by atoms with Crippen LogP contribution in [0.25, 0.3) is 17.0 Å². The summed E-state index contributed by atoms with van der Waals surface area (Å²) in [6, 6.07) is 11.2.